The quantitative estimate of drug-likeness (QED) is 0.586. The van der Waals surface area contributed by atoms with Crippen molar-refractivity contribution in [3.05, 3.63) is 33.1 Å². The van der Waals surface area contributed by atoms with Crippen LogP contribution in [0.5, 0.6) is 0 Å². The van der Waals surface area contributed by atoms with E-state index in [1.807, 2.05) is 0 Å². The summed E-state index contributed by atoms with van der Waals surface area (Å²) in [5, 5.41) is 0.309. The van der Waals surface area contributed by atoms with Crippen LogP contribution in [-0.4, -0.2) is 20.4 Å². The molecule has 0 aliphatic heterocycles. The van der Waals surface area contributed by atoms with Crippen molar-refractivity contribution < 1.29 is 4.79 Å². The maximum atomic E-state index is 12.7. The molecule has 148 valence electrons. The van der Waals surface area contributed by atoms with Crippen LogP contribution in [0.4, 0.5) is 0 Å². The number of hydrogen-bond acceptors (Lipinski definition) is 4. The van der Waals surface area contributed by atoms with E-state index >= 15 is 0 Å². The van der Waals surface area contributed by atoms with Crippen molar-refractivity contribution in [2.75, 3.05) is 5.75 Å². The molecule has 0 saturated carbocycles. The van der Waals surface area contributed by atoms with Gasteiger partial charge in [-0.05, 0) is 31.1 Å². The minimum atomic E-state index is -0.350. The summed E-state index contributed by atoms with van der Waals surface area (Å²) >= 11 is 1.46. The second-order valence-electron chi connectivity index (χ2n) is 7.99. The smallest absolute Gasteiger partial charge is 0.314 e. The Morgan fingerprint density at radius 3 is 2.38 bits per heavy atom. The molecule has 0 amide bonds. The number of H-pyrrole nitrogens is 1. The summed E-state index contributed by atoms with van der Waals surface area (Å²) < 4.78 is 1.23. The lowest BCUT2D eigenvalue weighted by molar-refractivity contribution is -0.122. The first-order valence-corrected chi connectivity index (χ1v) is 10.6. The molecule has 0 aromatic carbocycles. The monoisotopic (exact) mass is 382 g/mol. The highest BCUT2D eigenvalue weighted by Crippen LogP contribution is 2.38. The Bertz CT molecular complexity index is 650. The fourth-order valence-electron chi connectivity index (χ4n) is 3.12. The highest BCUT2D eigenvalue weighted by Gasteiger charge is 2.36. The first-order valence-electron chi connectivity index (χ1n) is 9.64. The lowest BCUT2D eigenvalue weighted by atomic mass is 9.74. The molecular formula is C20H34N2O3S. The Morgan fingerprint density at radius 2 is 1.81 bits per heavy atom. The fourth-order valence-corrected chi connectivity index (χ4v) is 4.30. The van der Waals surface area contributed by atoms with Gasteiger partial charge in [-0.3, -0.25) is 14.2 Å². The third kappa shape index (κ3) is 6.78. The Kier molecular flexibility index (Phi) is 9.41. The van der Waals surface area contributed by atoms with Crippen molar-refractivity contribution >= 4 is 16.9 Å². The van der Waals surface area contributed by atoms with Crippen molar-refractivity contribution in [2.45, 2.75) is 73.3 Å². The van der Waals surface area contributed by atoms with Crippen LogP contribution in [0.15, 0.2) is 21.9 Å². The molecule has 0 aliphatic rings. The second-order valence-corrected chi connectivity index (χ2v) is 9.06. The zero-order valence-corrected chi connectivity index (χ0v) is 17.7. The highest BCUT2D eigenvalue weighted by atomic mass is 32.2. The van der Waals surface area contributed by atoms with E-state index in [0.29, 0.717) is 23.5 Å². The van der Waals surface area contributed by atoms with Crippen LogP contribution in [0.2, 0.25) is 0 Å². The van der Waals surface area contributed by atoms with Crippen molar-refractivity contribution in [2.24, 2.45) is 17.3 Å². The van der Waals surface area contributed by atoms with E-state index in [2.05, 4.69) is 39.6 Å². The SMILES string of the molecule is CC(C)CC(C)(C(=O)SCCCCCCn1c(=O)cc[nH]c1=O)C(C)C. The third-order valence-corrected chi connectivity index (χ3v) is 6.25. The number of aromatic amines is 1. The van der Waals surface area contributed by atoms with Crippen LogP contribution in [0, 0.1) is 17.3 Å². The van der Waals surface area contributed by atoms with Gasteiger partial charge in [0, 0.05) is 30.0 Å². The molecule has 0 aliphatic carbocycles. The molecule has 5 nitrogen and oxygen atoms in total. The van der Waals surface area contributed by atoms with Gasteiger partial charge in [-0.1, -0.05) is 59.2 Å². The minimum Gasteiger partial charge on any atom is -0.314 e. The van der Waals surface area contributed by atoms with E-state index in [1.165, 1.54) is 28.6 Å². The van der Waals surface area contributed by atoms with Gasteiger partial charge in [-0.15, -0.1) is 0 Å². The minimum absolute atomic E-state index is 0.256. The number of thioether (sulfide) groups is 1. The zero-order chi connectivity index (χ0) is 19.7. The summed E-state index contributed by atoms with van der Waals surface area (Å²) in [6.45, 7) is 11.1. The lowest BCUT2D eigenvalue weighted by Crippen LogP contribution is -2.33. The summed E-state index contributed by atoms with van der Waals surface area (Å²) in [4.78, 5) is 38.4. The second kappa shape index (κ2) is 10.8. The van der Waals surface area contributed by atoms with E-state index in [4.69, 9.17) is 0 Å². The largest absolute Gasteiger partial charge is 0.328 e. The first kappa shape index (κ1) is 22.7. The van der Waals surface area contributed by atoms with E-state index in [9.17, 15) is 14.4 Å². The van der Waals surface area contributed by atoms with Gasteiger partial charge in [0.1, 0.15) is 0 Å². The summed E-state index contributed by atoms with van der Waals surface area (Å²) in [6.07, 6.45) is 6.02. The van der Waals surface area contributed by atoms with Gasteiger partial charge >= 0.3 is 5.69 Å². The number of aromatic nitrogens is 2. The van der Waals surface area contributed by atoms with Crippen LogP contribution < -0.4 is 11.2 Å². The van der Waals surface area contributed by atoms with Gasteiger partial charge in [0.25, 0.3) is 5.56 Å². The molecule has 1 N–H and O–H groups in total. The average molecular weight is 383 g/mol. The molecule has 1 heterocycles. The molecule has 0 saturated heterocycles. The van der Waals surface area contributed by atoms with Crippen molar-refractivity contribution in [3.8, 4) is 0 Å². The summed E-state index contributed by atoms with van der Waals surface area (Å²) in [5.41, 5.74) is -0.862. The maximum absolute atomic E-state index is 12.7. The number of hydrogen-bond donors (Lipinski definition) is 1. The zero-order valence-electron chi connectivity index (χ0n) is 16.8. The lowest BCUT2D eigenvalue weighted by Gasteiger charge is -2.33. The number of nitrogens with one attached hydrogen (secondary N) is 1. The van der Waals surface area contributed by atoms with Gasteiger partial charge in [0.15, 0.2) is 5.12 Å². The van der Waals surface area contributed by atoms with Gasteiger partial charge in [0.05, 0.1) is 0 Å². The van der Waals surface area contributed by atoms with E-state index in [0.717, 1.165) is 37.9 Å². The van der Waals surface area contributed by atoms with Crippen LogP contribution in [-0.2, 0) is 11.3 Å². The summed E-state index contributed by atoms with van der Waals surface area (Å²) in [7, 11) is 0. The van der Waals surface area contributed by atoms with Gasteiger partial charge < -0.3 is 4.98 Å². The molecule has 0 radical (unpaired) electrons. The van der Waals surface area contributed by atoms with Gasteiger partial charge in [-0.25, -0.2) is 4.79 Å². The Balaban J connectivity index is 2.31. The van der Waals surface area contributed by atoms with Gasteiger partial charge in [-0.2, -0.15) is 0 Å². The number of unbranched alkanes of at least 4 members (excludes halogenated alkanes) is 3. The number of carbonyl (C=O) groups excluding carboxylic acids is 1. The molecule has 1 aromatic heterocycles. The number of nitrogens with zero attached hydrogens (tertiary/aromatic N) is 1. The Hall–Kier alpha value is -1.30. The number of carbonyl (C=O) groups is 1. The highest BCUT2D eigenvalue weighted by molar-refractivity contribution is 8.13. The molecule has 1 rings (SSSR count). The molecule has 6 heteroatoms. The van der Waals surface area contributed by atoms with E-state index < -0.39 is 0 Å². The molecular weight excluding hydrogens is 348 g/mol. The average Bonchev–Trinajstić information content (AvgIpc) is 2.55. The Labute approximate surface area is 161 Å². The predicted octanol–water partition coefficient (Wildman–Crippen LogP) is 4.07. The van der Waals surface area contributed by atoms with Crippen LogP contribution >= 0.6 is 11.8 Å². The predicted molar refractivity (Wildman–Crippen MR) is 110 cm³/mol. The van der Waals surface area contributed by atoms with E-state index in [1.54, 1.807) is 0 Å². The summed E-state index contributed by atoms with van der Waals surface area (Å²) in [5.74, 6) is 1.69. The topological polar surface area (TPSA) is 71.9 Å². The maximum Gasteiger partial charge on any atom is 0.328 e. The molecule has 0 spiro atoms. The molecule has 1 atom stereocenters. The first-order chi connectivity index (χ1) is 12.2. The standard InChI is InChI=1S/C20H34N2O3S/c1-15(2)14-20(5,16(3)4)18(24)26-13-9-7-6-8-12-22-17(23)10-11-21-19(22)25/h10-11,15-16H,6-9,12-14H2,1-5H3,(H,21,25). The molecule has 0 bridgehead atoms. The van der Waals surface area contributed by atoms with Crippen LogP contribution in [0.25, 0.3) is 0 Å². The normalized spacial score (nSPS) is 14.0. The van der Waals surface area contributed by atoms with Crippen molar-refractivity contribution in [1.82, 2.24) is 9.55 Å². The number of rotatable bonds is 11. The molecule has 1 aromatic rings. The third-order valence-electron chi connectivity index (χ3n) is 5.03. The van der Waals surface area contributed by atoms with Crippen LogP contribution in [0.3, 0.4) is 0 Å². The molecule has 0 fully saturated rings. The molecule has 26 heavy (non-hydrogen) atoms. The summed E-state index contributed by atoms with van der Waals surface area (Å²) in [6, 6.07) is 1.37. The molecule has 1 unspecified atom stereocenters. The van der Waals surface area contributed by atoms with Gasteiger partial charge in [0.2, 0.25) is 0 Å². The Morgan fingerprint density at radius 1 is 1.15 bits per heavy atom. The fraction of sp³-hybridized carbons (Fsp3) is 0.750. The van der Waals surface area contributed by atoms with Crippen LogP contribution in [0.1, 0.15) is 66.7 Å². The van der Waals surface area contributed by atoms with Crippen molar-refractivity contribution in [1.29, 1.82) is 0 Å². The van der Waals surface area contributed by atoms with E-state index in [-0.39, 0.29) is 16.7 Å². The van der Waals surface area contributed by atoms with Crippen molar-refractivity contribution in [3.63, 3.8) is 0 Å².